The standard InChI is InChI=1S/C22H35FN4O/c1-2-24-22(25-16-21(28)17-8-10-18(23)11-9-17)26-19-12-14-27(15-13-19)20-6-4-3-5-7-20/h8-11,19-21,28H,2-7,12-16H2,1H3,(H2,24,25,26). The molecule has 0 radical (unpaired) electrons. The third-order valence-electron chi connectivity index (χ3n) is 5.98. The number of likely N-dealkylation sites (tertiary alicyclic amines) is 1. The molecule has 156 valence electrons. The molecule has 0 aromatic heterocycles. The fraction of sp³-hybridized carbons (Fsp3) is 0.682. The number of halogens is 1. The molecular formula is C22H35FN4O. The molecule has 6 heteroatoms. The lowest BCUT2D eigenvalue weighted by Crippen LogP contribution is -2.51. The zero-order chi connectivity index (χ0) is 19.8. The first-order valence-corrected chi connectivity index (χ1v) is 10.9. The van der Waals surface area contributed by atoms with Crippen LogP contribution in [0.15, 0.2) is 29.3 Å². The molecule has 28 heavy (non-hydrogen) atoms. The van der Waals surface area contributed by atoms with Gasteiger partial charge in [-0.2, -0.15) is 0 Å². The van der Waals surface area contributed by atoms with Crippen LogP contribution in [-0.4, -0.2) is 54.2 Å². The van der Waals surface area contributed by atoms with E-state index < -0.39 is 6.10 Å². The molecule has 2 aliphatic rings. The second-order valence-electron chi connectivity index (χ2n) is 8.03. The fourth-order valence-corrected chi connectivity index (χ4v) is 4.34. The van der Waals surface area contributed by atoms with Gasteiger partial charge in [-0.1, -0.05) is 31.4 Å². The molecule has 1 saturated heterocycles. The molecule has 3 rings (SSSR count). The first-order valence-electron chi connectivity index (χ1n) is 10.9. The number of aliphatic hydroxyl groups excluding tert-OH is 1. The average molecular weight is 391 g/mol. The van der Waals surface area contributed by atoms with Crippen molar-refractivity contribution in [1.29, 1.82) is 0 Å². The third kappa shape index (κ3) is 6.17. The van der Waals surface area contributed by atoms with E-state index in [2.05, 4.69) is 20.5 Å². The third-order valence-corrected chi connectivity index (χ3v) is 5.98. The maximum atomic E-state index is 13.0. The molecule has 3 N–H and O–H groups in total. The van der Waals surface area contributed by atoms with Crippen molar-refractivity contribution in [2.24, 2.45) is 4.99 Å². The van der Waals surface area contributed by atoms with E-state index in [0.29, 0.717) is 11.6 Å². The Balaban J connectivity index is 1.48. The Morgan fingerprint density at radius 3 is 2.46 bits per heavy atom. The normalized spacial score (nSPS) is 21.5. The van der Waals surface area contributed by atoms with Crippen LogP contribution in [0.2, 0.25) is 0 Å². The summed E-state index contributed by atoms with van der Waals surface area (Å²) in [6.45, 7) is 5.38. The van der Waals surface area contributed by atoms with Crippen LogP contribution in [0.5, 0.6) is 0 Å². The summed E-state index contributed by atoms with van der Waals surface area (Å²) in [6, 6.07) is 7.16. The van der Waals surface area contributed by atoms with Crippen molar-refractivity contribution < 1.29 is 9.50 Å². The minimum absolute atomic E-state index is 0.252. The second-order valence-corrected chi connectivity index (χ2v) is 8.03. The summed E-state index contributed by atoms with van der Waals surface area (Å²) in [5.74, 6) is 0.453. The number of rotatable bonds is 6. The Morgan fingerprint density at radius 1 is 1.14 bits per heavy atom. The molecule has 1 atom stereocenters. The van der Waals surface area contributed by atoms with Gasteiger partial charge < -0.3 is 20.6 Å². The van der Waals surface area contributed by atoms with Gasteiger partial charge in [-0.05, 0) is 50.3 Å². The lowest BCUT2D eigenvalue weighted by atomic mass is 9.92. The molecule has 0 spiro atoms. The summed E-state index contributed by atoms with van der Waals surface area (Å²) in [7, 11) is 0. The lowest BCUT2D eigenvalue weighted by Gasteiger charge is -2.39. The molecule has 1 aromatic carbocycles. The molecule has 1 heterocycles. The lowest BCUT2D eigenvalue weighted by molar-refractivity contribution is 0.119. The van der Waals surface area contributed by atoms with Crippen LogP contribution in [0.25, 0.3) is 0 Å². The van der Waals surface area contributed by atoms with Gasteiger partial charge in [0, 0.05) is 31.7 Å². The average Bonchev–Trinajstić information content (AvgIpc) is 2.73. The quantitative estimate of drug-likeness (QED) is 0.516. The topological polar surface area (TPSA) is 59.9 Å². The van der Waals surface area contributed by atoms with Crippen LogP contribution in [0.1, 0.15) is 63.5 Å². The number of hydrogen-bond donors (Lipinski definition) is 3. The van der Waals surface area contributed by atoms with E-state index in [-0.39, 0.29) is 12.4 Å². The number of guanidine groups is 1. The van der Waals surface area contributed by atoms with Crippen molar-refractivity contribution in [3.8, 4) is 0 Å². The van der Waals surface area contributed by atoms with Crippen LogP contribution in [0.3, 0.4) is 0 Å². The van der Waals surface area contributed by atoms with E-state index in [1.807, 2.05) is 6.92 Å². The summed E-state index contributed by atoms with van der Waals surface area (Å²) in [6.07, 6.45) is 8.42. The van der Waals surface area contributed by atoms with E-state index in [9.17, 15) is 9.50 Å². The summed E-state index contributed by atoms with van der Waals surface area (Å²) >= 11 is 0. The number of piperidine rings is 1. The maximum Gasteiger partial charge on any atom is 0.191 e. The molecule has 2 fully saturated rings. The second kappa shape index (κ2) is 10.8. The van der Waals surface area contributed by atoms with Gasteiger partial charge in [0.05, 0.1) is 12.6 Å². The van der Waals surface area contributed by atoms with Crippen LogP contribution in [-0.2, 0) is 0 Å². The molecule has 1 aliphatic carbocycles. The van der Waals surface area contributed by atoms with E-state index in [1.54, 1.807) is 12.1 Å². The zero-order valence-electron chi connectivity index (χ0n) is 17.0. The monoisotopic (exact) mass is 390 g/mol. The Labute approximate surface area is 168 Å². The van der Waals surface area contributed by atoms with Crippen LogP contribution in [0, 0.1) is 5.82 Å². The minimum Gasteiger partial charge on any atom is -0.386 e. The largest absolute Gasteiger partial charge is 0.386 e. The molecule has 1 saturated carbocycles. The minimum atomic E-state index is -0.732. The number of benzene rings is 1. The van der Waals surface area contributed by atoms with E-state index in [1.165, 1.54) is 44.2 Å². The Kier molecular flexibility index (Phi) is 8.10. The number of aliphatic imine (C=N–C) groups is 1. The van der Waals surface area contributed by atoms with Gasteiger partial charge in [0.1, 0.15) is 5.82 Å². The number of hydrogen-bond acceptors (Lipinski definition) is 3. The molecule has 0 amide bonds. The molecule has 0 bridgehead atoms. The predicted octanol–water partition coefficient (Wildman–Crippen LogP) is 3.21. The molecule has 5 nitrogen and oxygen atoms in total. The first kappa shape index (κ1) is 21.1. The van der Waals surface area contributed by atoms with Crippen molar-refractivity contribution in [1.82, 2.24) is 15.5 Å². The Hall–Kier alpha value is -1.66. The molecule has 1 aliphatic heterocycles. The smallest absolute Gasteiger partial charge is 0.191 e. The zero-order valence-corrected chi connectivity index (χ0v) is 17.0. The van der Waals surface area contributed by atoms with E-state index >= 15 is 0 Å². The van der Waals surface area contributed by atoms with Crippen molar-refractivity contribution in [2.45, 2.75) is 70.1 Å². The van der Waals surface area contributed by atoms with Gasteiger partial charge in [-0.3, -0.25) is 4.99 Å². The van der Waals surface area contributed by atoms with Crippen molar-refractivity contribution in [3.63, 3.8) is 0 Å². The fourth-order valence-electron chi connectivity index (χ4n) is 4.34. The predicted molar refractivity (Wildman–Crippen MR) is 112 cm³/mol. The van der Waals surface area contributed by atoms with Gasteiger partial charge in [-0.15, -0.1) is 0 Å². The van der Waals surface area contributed by atoms with Crippen molar-refractivity contribution in [2.75, 3.05) is 26.2 Å². The van der Waals surface area contributed by atoms with Gasteiger partial charge in [-0.25, -0.2) is 4.39 Å². The summed E-state index contributed by atoms with van der Waals surface area (Å²) < 4.78 is 13.0. The highest BCUT2D eigenvalue weighted by atomic mass is 19.1. The summed E-state index contributed by atoms with van der Waals surface area (Å²) in [5, 5.41) is 17.1. The molecule has 1 unspecified atom stereocenters. The Bertz CT molecular complexity index is 607. The van der Waals surface area contributed by atoms with E-state index in [4.69, 9.17) is 0 Å². The molecular weight excluding hydrogens is 355 g/mol. The highest BCUT2D eigenvalue weighted by molar-refractivity contribution is 5.80. The van der Waals surface area contributed by atoms with Gasteiger partial charge in [0.15, 0.2) is 5.96 Å². The number of nitrogens with zero attached hydrogens (tertiary/aromatic N) is 2. The molecule has 1 aromatic rings. The van der Waals surface area contributed by atoms with Crippen molar-refractivity contribution in [3.05, 3.63) is 35.6 Å². The Morgan fingerprint density at radius 2 is 1.82 bits per heavy atom. The summed E-state index contributed by atoms with van der Waals surface area (Å²) in [4.78, 5) is 7.23. The SMILES string of the molecule is CCNC(=NCC(O)c1ccc(F)cc1)NC1CCN(C2CCCCC2)CC1. The van der Waals surface area contributed by atoms with Crippen LogP contribution in [0.4, 0.5) is 4.39 Å². The maximum absolute atomic E-state index is 13.0. The van der Waals surface area contributed by atoms with Crippen LogP contribution < -0.4 is 10.6 Å². The highest BCUT2D eigenvalue weighted by Gasteiger charge is 2.26. The highest BCUT2D eigenvalue weighted by Crippen LogP contribution is 2.25. The van der Waals surface area contributed by atoms with Gasteiger partial charge in [0.2, 0.25) is 0 Å². The van der Waals surface area contributed by atoms with Gasteiger partial charge >= 0.3 is 0 Å². The summed E-state index contributed by atoms with van der Waals surface area (Å²) in [5.41, 5.74) is 0.682. The van der Waals surface area contributed by atoms with Crippen molar-refractivity contribution >= 4 is 5.96 Å². The van der Waals surface area contributed by atoms with Gasteiger partial charge in [0.25, 0.3) is 0 Å². The number of aliphatic hydroxyl groups is 1. The number of nitrogens with one attached hydrogen (secondary N) is 2. The van der Waals surface area contributed by atoms with Crippen LogP contribution >= 0.6 is 0 Å². The van der Waals surface area contributed by atoms with E-state index in [0.717, 1.165) is 44.5 Å². The first-order chi connectivity index (χ1) is 13.7.